The number of benzene rings is 1. The van der Waals surface area contributed by atoms with Crippen molar-refractivity contribution in [3.8, 4) is 5.75 Å². The van der Waals surface area contributed by atoms with Gasteiger partial charge in [-0.15, -0.1) is 0 Å². The fraction of sp³-hybridized carbons (Fsp3) is 0.455. The van der Waals surface area contributed by atoms with Crippen LogP contribution in [0.2, 0.25) is 0 Å². The summed E-state index contributed by atoms with van der Waals surface area (Å²) >= 11 is 0. The van der Waals surface area contributed by atoms with E-state index in [-0.39, 0.29) is 0 Å². The molecule has 13 heavy (non-hydrogen) atoms. The largest absolute Gasteiger partial charge is 0.508 e. The zero-order valence-electron chi connectivity index (χ0n) is 8.54. The van der Waals surface area contributed by atoms with Gasteiger partial charge in [-0.2, -0.15) is 0 Å². The molecule has 2 nitrogen and oxygen atoms in total. The quantitative estimate of drug-likeness (QED) is 0.767. The molecule has 0 aromatic heterocycles. The molecule has 0 saturated heterocycles. The summed E-state index contributed by atoms with van der Waals surface area (Å²) in [5.41, 5.74) is 2.17. The fourth-order valence-corrected chi connectivity index (χ4v) is 1.30. The molecule has 0 fully saturated rings. The molecule has 72 valence electrons. The molecule has 0 aliphatic rings. The number of nitrogens with zero attached hydrogens (tertiary/aromatic N) is 1. The number of aromatic hydroxyl groups is 1. The van der Waals surface area contributed by atoms with Crippen LogP contribution in [0.1, 0.15) is 18.1 Å². The van der Waals surface area contributed by atoms with Gasteiger partial charge in [-0.05, 0) is 32.1 Å². The topological polar surface area (TPSA) is 23.5 Å². The van der Waals surface area contributed by atoms with Crippen molar-refractivity contribution in [3.05, 3.63) is 29.3 Å². The van der Waals surface area contributed by atoms with E-state index in [4.69, 9.17) is 0 Å². The van der Waals surface area contributed by atoms with Crippen LogP contribution in [-0.4, -0.2) is 24.1 Å². The average Bonchev–Trinajstić information content (AvgIpc) is 2.08. The minimum absolute atomic E-state index is 0.410. The molecule has 0 amide bonds. The van der Waals surface area contributed by atoms with Gasteiger partial charge in [-0.25, -0.2) is 0 Å². The van der Waals surface area contributed by atoms with Crippen LogP contribution >= 0.6 is 0 Å². The third-order valence-electron chi connectivity index (χ3n) is 2.04. The second-order valence-corrected chi connectivity index (χ2v) is 3.55. The lowest BCUT2D eigenvalue weighted by Crippen LogP contribution is -2.10. The van der Waals surface area contributed by atoms with Gasteiger partial charge in [0.1, 0.15) is 5.75 Å². The van der Waals surface area contributed by atoms with Gasteiger partial charge in [-0.3, -0.25) is 0 Å². The van der Waals surface area contributed by atoms with E-state index in [1.54, 1.807) is 0 Å². The molecule has 0 unspecified atom stereocenters. The SMILES string of the molecule is CCc1ccc(CN(C)C)c(O)c1. The van der Waals surface area contributed by atoms with Gasteiger partial charge in [0.15, 0.2) is 0 Å². The van der Waals surface area contributed by atoms with Gasteiger partial charge < -0.3 is 10.0 Å². The maximum atomic E-state index is 9.64. The summed E-state index contributed by atoms with van der Waals surface area (Å²) in [4.78, 5) is 2.04. The summed E-state index contributed by atoms with van der Waals surface area (Å²) in [5.74, 6) is 0.410. The standard InChI is InChI=1S/C11H17NO/c1-4-9-5-6-10(8-12(2)3)11(13)7-9/h5-7,13H,4,8H2,1-3H3. The van der Waals surface area contributed by atoms with Gasteiger partial charge in [0.2, 0.25) is 0 Å². The average molecular weight is 179 g/mol. The number of hydrogen-bond donors (Lipinski definition) is 1. The van der Waals surface area contributed by atoms with E-state index in [0.717, 1.165) is 18.5 Å². The van der Waals surface area contributed by atoms with Crippen molar-refractivity contribution in [2.24, 2.45) is 0 Å². The lowest BCUT2D eigenvalue weighted by Gasteiger charge is -2.11. The summed E-state index contributed by atoms with van der Waals surface area (Å²) in [6, 6.07) is 5.91. The maximum Gasteiger partial charge on any atom is 0.120 e. The van der Waals surface area contributed by atoms with Crippen LogP contribution in [0.15, 0.2) is 18.2 Å². The summed E-state index contributed by atoms with van der Waals surface area (Å²) in [7, 11) is 3.99. The molecule has 0 bridgehead atoms. The van der Waals surface area contributed by atoms with Crippen molar-refractivity contribution in [1.82, 2.24) is 4.90 Å². The van der Waals surface area contributed by atoms with Crippen LogP contribution in [-0.2, 0) is 13.0 Å². The Balaban J connectivity index is 2.85. The van der Waals surface area contributed by atoms with Gasteiger partial charge >= 0.3 is 0 Å². The van der Waals surface area contributed by atoms with Crippen molar-refractivity contribution in [2.45, 2.75) is 19.9 Å². The van der Waals surface area contributed by atoms with Crippen molar-refractivity contribution in [3.63, 3.8) is 0 Å². The van der Waals surface area contributed by atoms with Crippen LogP contribution in [0.3, 0.4) is 0 Å². The summed E-state index contributed by atoms with van der Waals surface area (Å²) in [6.07, 6.45) is 0.968. The molecule has 1 aromatic carbocycles. The Morgan fingerprint density at radius 3 is 2.46 bits per heavy atom. The van der Waals surface area contributed by atoms with Crippen LogP contribution in [0, 0.1) is 0 Å². The number of rotatable bonds is 3. The zero-order valence-corrected chi connectivity index (χ0v) is 8.54. The Hall–Kier alpha value is -1.02. The first-order chi connectivity index (χ1) is 6.13. The number of hydrogen-bond acceptors (Lipinski definition) is 2. The van der Waals surface area contributed by atoms with Crippen molar-refractivity contribution < 1.29 is 5.11 Å². The zero-order chi connectivity index (χ0) is 9.84. The van der Waals surface area contributed by atoms with E-state index < -0.39 is 0 Å². The highest BCUT2D eigenvalue weighted by atomic mass is 16.3. The first-order valence-corrected chi connectivity index (χ1v) is 4.59. The molecule has 0 atom stereocenters. The van der Waals surface area contributed by atoms with Crippen molar-refractivity contribution in [2.75, 3.05) is 14.1 Å². The van der Waals surface area contributed by atoms with Crippen LogP contribution < -0.4 is 0 Å². The van der Waals surface area contributed by atoms with E-state index in [1.165, 1.54) is 5.56 Å². The molecule has 0 aliphatic carbocycles. The van der Waals surface area contributed by atoms with E-state index >= 15 is 0 Å². The Morgan fingerprint density at radius 2 is 2.00 bits per heavy atom. The van der Waals surface area contributed by atoms with Gasteiger partial charge in [-0.1, -0.05) is 19.1 Å². The minimum Gasteiger partial charge on any atom is -0.508 e. The van der Waals surface area contributed by atoms with E-state index in [2.05, 4.69) is 13.0 Å². The third kappa shape index (κ3) is 2.74. The smallest absolute Gasteiger partial charge is 0.120 e. The van der Waals surface area contributed by atoms with Gasteiger partial charge in [0.05, 0.1) is 0 Å². The molecule has 0 heterocycles. The summed E-state index contributed by atoms with van der Waals surface area (Å²) in [6.45, 7) is 2.87. The molecular formula is C11H17NO. The number of aryl methyl sites for hydroxylation is 1. The molecule has 1 rings (SSSR count). The first kappa shape index (κ1) is 10.1. The molecule has 0 aliphatic heterocycles. The Kier molecular flexibility index (Phi) is 3.32. The Morgan fingerprint density at radius 1 is 1.31 bits per heavy atom. The van der Waals surface area contributed by atoms with Crippen molar-refractivity contribution >= 4 is 0 Å². The summed E-state index contributed by atoms with van der Waals surface area (Å²) in [5, 5.41) is 9.64. The predicted molar refractivity (Wildman–Crippen MR) is 54.9 cm³/mol. The normalized spacial score (nSPS) is 10.8. The number of phenolic OH excluding ortho intramolecular Hbond substituents is 1. The molecule has 0 saturated carbocycles. The number of phenols is 1. The lowest BCUT2D eigenvalue weighted by atomic mass is 10.1. The molecule has 1 aromatic rings. The van der Waals surface area contributed by atoms with Crippen LogP contribution in [0.4, 0.5) is 0 Å². The maximum absolute atomic E-state index is 9.64. The monoisotopic (exact) mass is 179 g/mol. The Bertz CT molecular complexity index is 281. The fourth-order valence-electron chi connectivity index (χ4n) is 1.30. The highest BCUT2D eigenvalue weighted by molar-refractivity contribution is 5.36. The third-order valence-corrected chi connectivity index (χ3v) is 2.04. The summed E-state index contributed by atoms with van der Waals surface area (Å²) < 4.78 is 0. The van der Waals surface area contributed by atoms with Gasteiger partial charge in [0.25, 0.3) is 0 Å². The second kappa shape index (κ2) is 4.28. The van der Waals surface area contributed by atoms with E-state index in [1.807, 2.05) is 31.1 Å². The van der Waals surface area contributed by atoms with Crippen LogP contribution in [0.5, 0.6) is 5.75 Å². The molecule has 0 spiro atoms. The molecule has 0 radical (unpaired) electrons. The highest BCUT2D eigenvalue weighted by Crippen LogP contribution is 2.19. The highest BCUT2D eigenvalue weighted by Gasteiger charge is 2.02. The first-order valence-electron chi connectivity index (χ1n) is 4.59. The lowest BCUT2D eigenvalue weighted by molar-refractivity contribution is 0.385. The van der Waals surface area contributed by atoms with Gasteiger partial charge in [0, 0.05) is 12.1 Å². The Labute approximate surface area is 79.8 Å². The van der Waals surface area contributed by atoms with Crippen molar-refractivity contribution in [1.29, 1.82) is 0 Å². The van der Waals surface area contributed by atoms with Crippen LogP contribution in [0.25, 0.3) is 0 Å². The molecule has 2 heteroatoms. The predicted octanol–water partition coefficient (Wildman–Crippen LogP) is 2.02. The second-order valence-electron chi connectivity index (χ2n) is 3.55. The van der Waals surface area contributed by atoms with E-state index in [9.17, 15) is 5.11 Å². The van der Waals surface area contributed by atoms with E-state index in [0.29, 0.717) is 5.75 Å². The molecule has 1 N–H and O–H groups in total. The minimum atomic E-state index is 0.410. The molecular weight excluding hydrogens is 162 g/mol.